The lowest BCUT2D eigenvalue weighted by Gasteiger charge is -2.19. The van der Waals surface area contributed by atoms with Crippen LogP contribution in [-0.4, -0.2) is 11.0 Å². The zero-order chi connectivity index (χ0) is 12.4. The number of hydrogen-bond donors (Lipinski definition) is 1. The number of nitrogens with one attached hydrogen (secondary N) is 1. The molecule has 1 aliphatic carbocycles. The maximum Gasteiger partial charge on any atom is 0.0684 e. The van der Waals surface area contributed by atoms with Crippen molar-refractivity contribution in [1.82, 2.24) is 10.3 Å². The van der Waals surface area contributed by atoms with Crippen LogP contribution in [0.15, 0.2) is 21.2 Å². The molecule has 1 fully saturated rings. The highest BCUT2D eigenvalue weighted by Gasteiger charge is 2.29. The Morgan fingerprint density at radius 3 is 2.71 bits per heavy atom. The summed E-state index contributed by atoms with van der Waals surface area (Å²) < 4.78 is 2.08. The highest BCUT2D eigenvalue weighted by atomic mass is 79.9. The van der Waals surface area contributed by atoms with Crippen molar-refractivity contribution in [2.24, 2.45) is 11.8 Å². The Morgan fingerprint density at radius 2 is 2.12 bits per heavy atom. The van der Waals surface area contributed by atoms with E-state index in [4.69, 9.17) is 0 Å². The van der Waals surface area contributed by atoms with Crippen molar-refractivity contribution in [1.29, 1.82) is 0 Å². The van der Waals surface area contributed by atoms with Crippen LogP contribution in [0.25, 0.3) is 0 Å². The van der Waals surface area contributed by atoms with Crippen LogP contribution in [0.4, 0.5) is 0 Å². The van der Waals surface area contributed by atoms with E-state index in [2.05, 4.69) is 56.0 Å². The summed E-state index contributed by atoms with van der Waals surface area (Å²) in [6.07, 6.45) is 4.48. The quantitative estimate of drug-likeness (QED) is 0.875. The summed E-state index contributed by atoms with van der Waals surface area (Å²) in [5, 5.41) is 3.63. The van der Waals surface area contributed by atoms with Gasteiger partial charge in [0.1, 0.15) is 0 Å². The van der Waals surface area contributed by atoms with Gasteiger partial charge in [-0.25, -0.2) is 0 Å². The third-order valence-electron chi connectivity index (χ3n) is 3.88. The van der Waals surface area contributed by atoms with Gasteiger partial charge in [-0.3, -0.25) is 4.98 Å². The Hall–Kier alpha value is 0.0700. The van der Waals surface area contributed by atoms with Gasteiger partial charge in [0.05, 0.1) is 5.69 Å². The molecule has 0 aliphatic heterocycles. The lowest BCUT2D eigenvalue weighted by molar-refractivity contribution is 0.368. The topological polar surface area (TPSA) is 24.9 Å². The van der Waals surface area contributed by atoms with E-state index >= 15 is 0 Å². The molecular weight excluding hydrogens is 344 g/mol. The van der Waals surface area contributed by atoms with Gasteiger partial charge < -0.3 is 5.32 Å². The summed E-state index contributed by atoms with van der Waals surface area (Å²) in [5.74, 6) is 1.61. The van der Waals surface area contributed by atoms with Gasteiger partial charge in [-0.2, -0.15) is 0 Å². The van der Waals surface area contributed by atoms with E-state index in [1.165, 1.54) is 12.8 Å². The fraction of sp³-hybridized carbons (Fsp3) is 0.615. The van der Waals surface area contributed by atoms with Crippen molar-refractivity contribution < 1.29 is 0 Å². The largest absolute Gasteiger partial charge is 0.308 e. The van der Waals surface area contributed by atoms with Crippen LogP contribution in [0.3, 0.4) is 0 Å². The first-order valence-corrected chi connectivity index (χ1v) is 7.70. The lowest BCUT2D eigenvalue weighted by atomic mass is 9.98. The molecule has 0 radical (unpaired) electrons. The molecule has 4 heteroatoms. The molecule has 1 aromatic rings. The van der Waals surface area contributed by atoms with Crippen LogP contribution >= 0.6 is 31.9 Å². The standard InChI is InChI=1S/C13H18Br2N2/c1-8-3-4-12(9(8)2)17-7-13-11(15)5-10(14)6-16-13/h5-6,8-9,12,17H,3-4,7H2,1-2H3. The first-order valence-electron chi connectivity index (χ1n) is 6.11. The second-order valence-electron chi connectivity index (χ2n) is 4.98. The van der Waals surface area contributed by atoms with Gasteiger partial charge in [0.2, 0.25) is 0 Å². The van der Waals surface area contributed by atoms with Crippen LogP contribution < -0.4 is 5.32 Å². The number of aromatic nitrogens is 1. The second kappa shape index (κ2) is 5.81. The molecule has 1 saturated carbocycles. The zero-order valence-corrected chi connectivity index (χ0v) is 13.4. The van der Waals surface area contributed by atoms with Gasteiger partial charge in [0.25, 0.3) is 0 Å². The van der Waals surface area contributed by atoms with Gasteiger partial charge in [-0.05, 0) is 62.6 Å². The molecule has 2 rings (SSSR count). The van der Waals surface area contributed by atoms with E-state index < -0.39 is 0 Å². The average molecular weight is 362 g/mol. The Balaban J connectivity index is 1.94. The number of nitrogens with zero attached hydrogens (tertiary/aromatic N) is 1. The zero-order valence-electron chi connectivity index (χ0n) is 10.2. The monoisotopic (exact) mass is 360 g/mol. The molecule has 0 bridgehead atoms. The van der Waals surface area contributed by atoms with Crippen LogP contribution in [0.5, 0.6) is 0 Å². The normalized spacial score (nSPS) is 28.6. The maximum atomic E-state index is 4.43. The molecular formula is C13H18Br2N2. The van der Waals surface area contributed by atoms with Crippen molar-refractivity contribution in [2.45, 2.75) is 39.3 Å². The molecule has 0 saturated heterocycles. The minimum atomic E-state index is 0.641. The Kier molecular flexibility index (Phi) is 4.61. The van der Waals surface area contributed by atoms with Crippen molar-refractivity contribution >= 4 is 31.9 Å². The average Bonchev–Trinajstić information content (AvgIpc) is 2.59. The third-order valence-corrected chi connectivity index (χ3v) is 5.00. The molecule has 1 N–H and O–H groups in total. The Bertz CT molecular complexity index is 395. The molecule has 1 aliphatic rings. The number of rotatable bonds is 3. The molecule has 0 spiro atoms. The Labute approximate surface area is 120 Å². The minimum absolute atomic E-state index is 0.641. The molecule has 94 valence electrons. The first-order chi connectivity index (χ1) is 8.08. The fourth-order valence-electron chi connectivity index (χ4n) is 2.45. The second-order valence-corrected chi connectivity index (χ2v) is 6.75. The predicted molar refractivity (Wildman–Crippen MR) is 77.8 cm³/mol. The molecule has 0 aromatic carbocycles. The lowest BCUT2D eigenvalue weighted by Crippen LogP contribution is -2.32. The van der Waals surface area contributed by atoms with E-state index in [0.29, 0.717) is 6.04 Å². The van der Waals surface area contributed by atoms with Gasteiger partial charge in [0, 0.05) is 27.7 Å². The fourth-order valence-corrected chi connectivity index (χ4v) is 3.58. The van der Waals surface area contributed by atoms with E-state index in [1.54, 1.807) is 0 Å². The molecule has 2 nitrogen and oxygen atoms in total. The van der Waals surface area contributed by atoms with Gasteiger partial charge in [-0.1, -0.05) is 13.8 Å². The first kappa shape index (κ1) is 13.5. The van der Waals surface area contributed by atoms with Crippen LogP contribution in [0.1, 0.15) is 32.4 Å². The molecule has 0 amide bonds. The highest BCUT2D eigenvalue weighted by Crippen LogP contribution is 2.31. The molecule has 1 heterocycles. The van der Waals surface area contributed by atoms with Crippen LogP contribution in [-0.2, 0) is 6.54 Å². The summed E-state index contributed by atoms with van der Waals surface area (Å²) in [7, 11) is 0. The van der Waals surface area contributed by atoms with Gasteiger partial charge >= 0.3 is 0 Å². The van der Waals surface area contributed by atoms with Crippen LogP contribution in [0, 0.1) is 11.8 Å². The Morgan fingerprint density at radius 1 is 1.35 bits per heavy atom. The summed E-state index contributed by atoms with van der Waals surface area (Å²) >= 11 is 6.97. The minimum Gasteiger partial charge on any atom is -0.308 e. The summed E-state index contributed by atoms with van der Waals surface area (Å²) in [6, 6.07) is 2.69. The SMILES string of the molecule is CC1CCC(NCc2ncc(Br)cc2Br)C1C. The number of hydrogen-bond acceptors (Lipinski definition) is 2. The molecule has 1 aromatic heterocycles. The van der Waals surface area contributed by atoms with E-state index in [-0.39, 0.29) is 0 Å². The van der Waals surface area contributed by atoms with Gasteiger partial charge in [-0.15, -0.1) is 0 Å². The highest BCUT2D eigenvalue weighted by molar-refractivity contribution is 9.11. The molecule has 3 unspecified atom stereocenters. The smallest absolute Gasteiger partial charge is 0.0684 e. The van der Waals surface area contributed by atoms with E-state index in [0.717, 1.165) is 33.0 Å². The molecule has 17 heavy (non-hydrogen) atoms. The predicted octanol–water partition coefficient (Wildman–Crippen LogP) is 4.13. The van der Waals surface area contributed by atoms with Crippen molar-refractivity contribution in [2.75, 3.05) is 0 Å². The number of halogens is 2. The van der Waals surface area contributed by atoms with Gasteiger partial charge in [0.15, 0.2) is 0 Å². The van der Waals surface area contributed by atoms with Crippen molar-refractivity contribution in [3.63, 3.8) is 0 Å². The summed E-state index contributed by atoms with van der Waals surface area (Å²) in [6.45, 7) is 5.54. The van der Waals surface area contributed by atoms with E-state index in [1.807, 2.05) is 12.3 Å². The van der Waals surface area contributed by atoms with E-state index in [9.17, 15) is 0 Å². The third kappa shape index (κ3) is 3.30. The maximum absolute atomic E-state index is 4.43. The van der Waals surface area contributed by atoms with Crippen molar-refractivity contribution in [3.8, 4) is 0 Å². The number of pyridine rings is 1. The van der Waals surface area contributed by atoms with Crippen molar-refractivity contribution in [3.05, 3.63) is 26.9 Å². The van der Waals surface area contributed by atoms with Crippen LogP contribution in [0.2, 0.25) is 0 Å². The summed E-state index contributed by atoms with van der Waals surface area (Å²) in [5.41, 5.74) is 1.08. The summed E-state index contributed by atoms with van der Waals surface area (Å²) in [4.78, 5) is 4.43. The molecule has 3 atom stereocenters.